The van der Waals surface area contributed by atoms with E-state index in [1.54, 1.807) is 13.8 Å². The molecule has 0 aromatic rings. The number of hydrogen-bond acceptors (Lipinski definition) is 2. The van der Waals surface area contributed by atoms with Crippen molar-refractivity contribution < 1.29 is 31.9 Å². The van der Waals surface area contributed by atoms with Gasteiger partial charge in [-0.15, -0.1) is 0 Å². The van der Waals surface area contributed by atoms with Gasteiger partial charge < -0.3 is 23.1 Å². The van der Waals surface area contributed by atoms with Crippen LogP contribution in [0.4, 0.5) is 0 Å². The molecule has 0 aliphatic heterocycles. The van der Waals surface area contributed by atoms with E-state index >= 15 is 0 Å². The maximum absolute atomic E-state index is 8.36. The number of unbranched alkanes of at least 4 members (excludes halogenated alkanes) is 2. The second-order valence-corrected chi connectivity index (χ2v) is 4.15. The zero-order valence-electron chi connectivity index (χ0n) is 14.5. The summed E-state index contributed by atoms with van der Waals surface area (Å²) in [7, 11) is 0. The fourth-order valence-electron chi connectivity index (χ4n) is 0. The van der Waals surface area contributed by atoms with Crippen LogP contribution in [0.3, 0.4) is 0 Å². The van der Waals surface area contributed by atoms with E-state index in [0.29, 0.717) is 0 Å². The van der Waals surface area contributed by atoms with Crippen LogP contribution in [-0.2, 0) is 21.7 Å². The van der Waals surface area contributed by atoms with Gasteiger partial charge in [0.2, 0.25) is 0 Å². The van der Waals surface area contributed by atoms with Crippen molar-refractivity contribution in [3.05, 3.63) is 12.8 Å². The summed E-state index contributed by atoms with van der Waals surface area (Å²) in [6.45, 7) is 15.8. The van der Waals surface area contributed by atoms with Gasteiger partial charge >= 0.3 is 21.7 Å². The van der Waals surface area contributed by atoms with E-state index in [2.05, 4.69) is 40.5 Å². The Labute approximate surface area is 138 Å². The Morgan fingerprint density at radius 2 is 0.842 bits per heavy atom. The predicted octanol–water partition coefficient (Wildman–Crippen LogP) is 4.79. The van der Waals surface area contributed by atoms with E-state index in [4.69, 9.17) is 10.2 Å². The van der Waals surface area contributed by atoms with Gasteiger partial charge in [-0.2, -0.15) is 26.7 Å². The van der Waals surface area contributed by atoms with Gasteiger partial charge in [-0.05, 0) is 26.7 Å². The fourth-order valence-corrected chi connectivity index (χ4v) is 0. The van der Waals surface area contributed by atoms with Crippen LogP contribution in [0, 0.1) is 12.8 Å². The molecule has 0 aliphatic rings. The maximum atomic E-state index is 8.36. The van der Waals surface area contributed by atoms with Crippen molar-refractivity contribution in [1.29, 1.82) is 0 Å². The van der Waals surface area contributed by atoms with Crippen molar-refractivity contribution in [2.75, 3.05) is 0 Å². The molecule has 19 heavy (non-hydrogen) atoms. The minimum Gasteiger partial charge on any atom is -0.393 e. The second kappa shape index (κ2) is 36.3. The molecular weight excluding hydrogens is 272 g/mol. The van der Waals surface area contributed by atoms with Crippen LogP contribution < -0.4 is 0 Å². The molecule has 3 heteroatoms. The van der Waals surface area contributed by atoms with Gasteiger partial charge in [-0.1, -0.05) is 27.7 Å². The first-order valence-electron chi connectivity index (χ1n) is 7.29. The second-order valence-electron chi connectivity index (χ2n) is 4.15. The molecule has 0 saturated heterocycles. The summed E-state index contributed by atoms with van der Waals surface area (Å²) in [5, 5.41) is 16.7. The van der Waals surface area contributed by atoms with Gasteiger partial charge in [-0.25, -0.2) is 0 Å². The summed E-state index contributed by atoms with van der Waals surface area (Å²) in [5.41, 5.74) is 0. The Kier molecular flexibility index (Phi) is 60.8. The molecular formula is C16H38O2Ti. The van der Waals surface area contributed by atoms with Crippen LogP contribution in [0.1, 0.15) is 81.1 Å². The van der Waals surface area contributed by atoms with E-state index in [1.807, 2.05) is 13.8 Å². The topological polar surface area (TPSA) is 40.5 Å². The van der Waals surface area contributed by atoms with Crippen molar-refractivity contribution in [3.8, 4) is 0 Å². The van der Waals surface area contributed by atoms with Crippen LogP contribution in [-0.4, -0.2) is 22.4 Å². The molecule has 0 fully saturated rings. The first kappa shape index (κ1) is 31.8. The van der Waals surface area contributed by atoms with Crippen LogP contribution in [0.5, 0.6) is 0 Å². The molecule has 0 amide bonds. The van der Waals surface area contributed by atoms with Crippen LogP contribution >= 0.6 is 0 Å². The van der Waals surface area contributed by atoms with Crippen molar-refractivity contribution >= 4 is 0 Å². The Hall–Kier alpha value is 0.634. The zero-order valence-corrected chi connectivity index (χ0v) is 16.1. The van der Waals surface area contributed by atoms with Gasteiger partial charge in [0.25, 0.3) is 0 Å². The van der Waals surface area contributed by atoms with Gasteiger partial charge in [0, 0.05) is 0 Å². The number of aliphatic hydroxyl groups excluding tert-OH is 2. The van der Waals surface area contributed by atoms with Crippen molar-refractivity contribution in [1.82, 2.24) is 0 Å². The Morgan fingerprint density at radius 3 is 0.842 bits per heavy atom. The molecule has 2 nitrogen and oxygen atoms in total. The SMILES string of the molecule is CCC(C)O.CCC(C)O.C[CH-]CC.C[CH-]CC.[Ti+2]. The summed E-state index contributed by atoms with van der Waals surface area (Å²) in [6, 6.07) is 0. The van der Waals surface area contributed by atoms with Crippen molar-refractivity contribution in [3.63, 3.8) is 0 Å². The summed E-state index contributed by atoms with van der Waals surface area (Å²) >= 11 is 0. The molecule has 2 atom stereocenters. The Morgan fingerprint density at radius 1 is 0.737 bits per heavy atom. The summed E-state index contributed by atoms with van der Waals surface area (Å²) < 4.78 is 0. The smallest absolute Gasteiger partial charge is 0.393 e. The Bertz CT molecular complexity index is 80.7. The largest absolute Gasteiger partial charge is 2.00 e. The summed E-state index contributed by atoms with van der Waals surface area (Å²) in [6.07, 6.45) is 8.13. The average Bonchev–Trinajstić information content (AvgIpc) is 2.39. The van der Waals surface area contributed by atoms with Crippen molar-refractivity contribution in [2.24, 2.45) is 0 Å². The van der Waals surface area contributed by atoms with Crippen LogP contribution in [0.2, 0.25) is 0 Å². The van der Waals surface area contributed by atoms with Crippen molar-refractivity contribution in [2.45, 2.75) is 93.3 Å². The minimum absolute atomic E-state index is 0. The molecule has 0 rings (SSSR count). The Balaban J connectivity index is -0.0000000453. The van der Waals surface area contributed by atoms with Crippen LogP contribution in [0.25, 0.3) is 0 Å². The maximum Gasteiger partial charge on any atom is 2.00 e. The molecule has 2 N–H and O–H groups in total. The van der Waals surface area contributed by atoms with Gasteiger partial charge in [0.1, 0.15) is 0 Å². The molecule has 2 unspecified atom stereocenters. The summed E-state index contributed by atoms with van der Waals surface area (Å²) in [5.74, 6) is 0. The monoisotopic (exact) mass is 310 g/mol. The fraction of sp³-hybridized carbons (Fsp3) is 0.875. The van der Waals surface area contributed by atoms with Gasteiger partial charge in [0.15, 0.2) is 0 Å². The van der Waals surface area contributed by atoms with Crippen LogP contribution in [0.15, 0.2) is 0 Å². The number of aliphatic hydroxyl groups is 2. The standard InChI is InChI=1S/2C4H10O.2C4H9.Ti/c2*1-3-4(2)5;2*1-3-4-2;/h2*4-5H,3H2,1-2H3;2*3H,4H2,1-2H3;/q;;2*-1;+2. The van der Waals surface area contributed by atoms with E-state index in [0.717, 1.165) is 12.8 Å². The first-order valence-corrected chi connectivity index (χ1v) is 7.29. The number of hydrogen-bond donors (Lipinski definition) is 2. The van der Waals surface area contributed by atoms with E-state index in [9.17, 15) is 0 Å². The van der Waals surface area contributed by atoms with E-state index in [-0.39, 0.29) is 33.9 Å². The molecule has 0 aromatic heterocycles. The summed E-state index contributed by atoms with van der Waals surface area (Å²) in [4.78, 5) is 0. The molecule has 0 spiro atoms. The van der Waals surface area contributed by atoms with Gasteiger partial charge in [0.05, 0.1) is 12.2 Å². The molecule has 0 heterocycles. The van der Waals surface area contributed by atoms with E-state index < -0.39 is 0 Å². The third kappa shape index (κ3) is 117. The van der Waals surface area contributed by atoms with Gasteiger partial charge in [-0.3, -0.25) is 0 Å². The molecule has 0 saturated carbocycles. The molecule has 0 aromatic carbocycles. The predicted molar refractivity (Wildman–Crippen MR) is 84.5 cm³/mol. The molecule has 0 radical (unpaired) electrons. The average molecular weight is 310 g/mol. The quantitative estimate of drug-likeness (QED) is 0.579. The van der Waals surface area contributed by atoms with E-state index in [1.165, 1.54) is 12.8 Å². The molecule has 0 aliphatic carbocycles. The zero-order chi connectivity index (χ0) is 15.4. The number of rotatable bonds is 4. The minimum atomic E-state index is -0.116. The molecule has 0 bridgehead atoms. The first-order chi connectivity index (χ1) is 8.37. The normalized spacial score (nSPS) is 11.1. The third-order valence-corrected chi connectivity index (χ3v) is 2.00. The molecule has 118 valence electrons. The third-order valence-electron chi connectivity index (χ3n) is 2.00.